The van der Waals surface area contributed by atoms with Gasteiger partial charge in [0.15, 0.2) is 0 Å². The molecule has 2 rings (SSSR count). The van der Waals surface area contributed by atoms with Crippen molar-refractivity contribution in [1.82, 2.24) is 9.78 Å². The van der Waals surface area contributed by atoms with Crippen molar-refractivity contribution in [2.24, 2.45) is 18.4 Å². The Hall–Kier alpha value is -1.12. The smallest absolute Gasteiger partial charge is 0.142 e. The van der Waals surface area contributed by atoms with Crippen molar-refractivity contribution in [3.05, 3.63) is 18.0 Å². The van der Waals surface area contributed by atoms with Gasteiger partial charge in [-0.05, 0) is 24.3 Å². The highest BCUT2D eigenvalue weighted by Gasteiger charge is 2.36. The third-order valence-electron chi connectivity index (χ3n) is 4.02. The molecule has 1 atom stereocenters. The predicted molar refractivity (Wildman–Crippen MR) is 67.7 cm³/mol. The largest absolute Gasteiger partial charge is 0.299 e. The molecule has 0 N–H and O–H groups in total. The number of nitrogens with zero attached hydrogens (tertiary/aromatic N) is 2. The van der Waals surface area contributed by atoms with Crippen LogP contribution in [0.15, 0.2) is 12.3 Å². The SMILES string of the molecule is Cn1ccc(CC(=O)C2CCCCC2(C)C)n1. The lowest BCUT2D eigenvalue weighted by Gasteiger charge is -2.37. The quantitative estimate of drug-likeness (QED) is 0.806. The fourth-order valence-corrected chi connectivity index (χ4v) is 2.95. The van der Waals surface area contributed by atoms with Gasteiger partial charge in [-0.25, -0.2) is 0 Å². The maximum atomic E-state index is 12.3. The molecule has 0 amide bonds. The van der Waals surface area contributed by atoms with Gasteiger partial charge in [0, 0.05) is 19.2 Å². The van der Waals surface area contributed by atoms with Gasteiger partial charge < -0.3 is 0 Å². The first-order chi connectivity index (χ1) is 7.99. The Bertz CT molecular complexity index is 406. The fraction of sp³-hybridized carbons (Fsp3) is 0.714. The van der Waals surface area contributed by atoms with Crippen LogP contribution in [0.2, 0.25) is 0 Å². The lowest BCUT2D eigenvalue weighted by molar-refractivity contribution is -0.127. The Morgan fingerprint density at radius 3 is 2.88 bits per heavy atom. The molecule has 1 fully saturated rings. The number of Topliss-reactive ketones (excluding diaryl/α,β-unsaturated/α-hetero) is 1. The molecule has 3 nitrogen and oxygen atoms in total. The maximum Gasteiger partial charge on any atom is 0.142 e. The van der Waals surface area contributed by atoms with Crippen molar-refractivity contribution in [3.8, 4) is 0 Å². The average molecular weight is 234 g/mol. The summed E-state index contributed by atoms with van der Waals surface area (Å²) in [5.74, 6) is 0.589. The molecule has 0 radical (unpaired) electrons. The zero-order valence-electron chi connectivity index (χ0n) is 11.1. The van der Waals surface area contributed by atoms with Crippen LogP contribution in [0.5, 0.6) is 0 Å². The molecular weight excluding hydrogens is 212 g/mol. The minimum atomic E-state index is 0.171. The summed E-state index contributed by atoms with van der Waals surface area (Å²) in [5, 5.41) is 4.29. The molecule has 1 aromatic rings. The molecule has 0 bridgehead atoms. The number of aromatic nitrogens is 2. The molecule has 1 saturated carbocycles. The topological polar surface area (TPSA) is 34.9 Å². The van der Waals surface area contributed by atoms with E-state index in [0.717, 1.165) is 12.1 Å². The summed E-state index contributed by atoms with van der Waals surface area (Å²) >= 11 is 0. The molecule has 1 aliphatic rings. The van der Waals surface area contributed by atoms with Crippen molar-refractivity contribution in [3.63, 3.8) is 0 Å². The number of hydrogen-bond acceptors (Lipinski definition) is 2. The van der Waals surface area contributed by atoms with Gasteiger partial charge in [0.2, 0.25) is 0 Å². The third-order valence-corrected chi connectivity index (χ3v) is 4.02. The van der Waals surface area contributed by atoms with Crippen molar-refractivity contribution in [2.75, 3.05) is 0 Å². The Morgan fingerprint density at radius 1 is 1.53 bits per heavy atom. The van der Waals surface area contributed by atoms with Gasteiger partial charge in [-0.2, -0.15) is 5.10 Å². The Kier molecular flexibility index (Phi) is 3.36. The van der Waals surface area contributed by atoms with E-state index >= 15 is 0 Å². The van der Waals surface area contributed by atoms with Crippen LogP contribution in [-0.2, 0) is 18.3 Å². The van der Waals surface area contributed by atoms with E-state index in [-0.39, 0.29) is 11.3 Å². The average Bonchev–Trinajstić information content (AvgIpc) is 2.63. The lowest BCUT2D eigenvalue weighted by atomic mass is 9.66. The molecular formula is C14H22N2O. The molecule has 1 aliphatic carbocycles. The third kappa shape index (κ3) is 2.76. The van der Waals surface area contributed by atoms with Crippen LogP contribution < -0.4 is 0 Å². The molecule has 17 heavy (non-hydrogen) atoms. The number of ketones is 1. The second-order valence-electron chi connectivity index (χ2n) is 5.91. The molecule has 1 heterocycles. The van der Waals surface area contributed by atoms with Gasteiger partial charge in [-0.3, -0.25) is 9.48 Å². The molecule has 3 heteroatoms. The van der Waals surface area contributed by atoms with Crippen LogP contribution in [0.25, 0.3) is 0 Å². The first kappa shape index (κ1) is 12.3. The fourth-order valence-electron chi connectivity index (χ4n) is 2.95. The highest BCUT2D eigenvalue weighted by Crippen LogP contribution is 2.41. The molecule has 1 unspecified atom stereocenters. The van der Waals surface area contributed by atoms with Crippen LogP contribution in [0.1, 0.15) is 45.2 Å². The summed E-state index contributed by atoms with van der Waals surface area (Å²) < 4.78 is 1.76. The van der Waals surface area contributed by atoms with Crippen molar-refractivity contribution >= 4 is 5.78 Å². The van der Waals surface area contributed by atoms with Gasteiger partial charge in [-0.15, -0.1) is 0 Å². The minimum absolute atomic E-state index is 0.171. The van der Waals surface area contributed by atoms with E-state index in [2.05, 4.69) is 18.9 Å². The van der Waals surface area contributed by atoms with Crippen LogP contribution in [-0.4, -0.2) is 15.6 Å². The first-order valence-corrected chi connectivity index (χ1v) is 6.50. The molecule has 0 aromatic carbocycles. The summed E-state index contributed by atoms with van der Waals surface area (Å²) in [6.45, 7) is 4.46. The second-order valence-corrected chi connectivity index (χ2v) is 5.91. The molecule has 94 valence electrons. The summed E-state index contributed by atoms with van der Waals surface area (Å²) in [7, 11) is 1.89. The standard InChI is InChI=1S/C14H22N2O/c1-14(2)8-5-4-6-12(14)13(17)10-11-7-9-16(3)15-11/h7,9,12H,4-6,8,10H2,1-3H3. The maximum absolute atomic E-state index is 12.3. The zero-order chi connectivity index (χ0) is 12.5. The number of carbonyl (C=O) groups is 1. The van der Waals surface area contributed by atoms with Crippen LogP contribution in [0.3, 0.4) is 0 Å². The van der Waals surface area contributed by atoms with E-state index in [1.54, 1.807) is 4.68 Å². The number of rotatable bonds is 3. The second kappa shape index (κ2) is 4.63. The number of carbonyl (C=O) groups excluding carboxylic acids is 1. The van der Waals surface area contributed by atoms with Gasteiger partial charge in [0.05, 0.1) is 12.1 Å². The lowest BCUT2D eigenvalue weighted by Crippen LogP contribution is -2.34. The van der Waals surface area contributed by atoms with Crippen LogP contribution in [0.4, 0.5) is 0 Å². The van der Waals surface area contributed by atoms with E-state index in [0.29, 0.717) is 12.2 Å². The highest BCUT2D eigenvalue weighted by atomic mass is 16.1. The number of hydrogen-bond donors (Lipinski definition) is 0. The number of aryl methyl sites for hydroxylation is 1. The summed E-state index contributed by atoms with van der Waals surface area (Å²) in [6, 6.07) is 1.94. The van der Waals surface area contributed by atoms with Gasteiger partial charge in [0.1, 0.15) is 5.78 Å². The van der Waals surface area contributed by atoms with E-state index in [1.165, 1.54) is 19.3 Å². The summed E-state index contributed by atoms with van der Waals surface area (Å²) in [6.07, 6.45) is 7.08. The van der Waals surface area contributed by atoms with Gasteiger partial charge in [-0.1, -0.05) is 26.7 Å². The van der Waals surface area contributed by atoms with Gasteiger partial charge in [0.25, 0.3) is 0 Å². The predicted octanol–water partition coefficient (Wildman–Crippen LogP) is 2.75. The van der Waals surface area contributed by atoms with Crippen molar-refractivity contribution in [2.45, 2.75) is 46.0 Å². The Labute approximate surface area is 103 Å². The zero-order valence-corrected chi connectivity index (χ0v) is 11.1. The van der Waals surface area contributed by atoms with E-state index < -0.39 is 0 Å². The van der Waals surface area contributed by atoms with E-state index in [1.807, 2.05) is 19.3 Å². The van der Waals surface area contributed by atoms with Crippen LogP contribution >= 0.6 is 0 Å². The van der Waals surface area contributed by atoms with Crippen molar-refractivity contribution in [1.29, 1.82) is 0 Å². The molecule has 0 aliphatic heterocycles. The highest BCUT2D eigenvalue weighted by molar-refractivity contribution is 5.83. The van der Waals surface area contributed by atoms with Crippen molar-refractivity contribution < 1.29 is 4.79 Å². The molecule has 1 aromatic heterocycles. The Morgan fingerprint density at radius 2 is 2.29 bits per heavy atom. The molecule has 0 spiro atoms. The Balaban J connectivity index is 2.04. The summed E-state index contributed by atoms with van der Waals surface area (Å²) in [5.41, 5.74) is 1.07. The normalized spacial score (nSPS) is 23.6. The summed E-state index contributed by atoms with van der Waals surface area (Å²) in [4.78, 5) is 12.3. The van der Waals surface area contributed by atoms with Crippen LogP contribution in [0, 0.1) is 11.3 Å². The van der Waals surface area contributed by atoms with E-state index in [9.17, 15) is 4.79 Å². The minimum Gasteiger partial charge on any atom is -0.299 e. The monoisotopic (exact) mass is 234 g/mol. The van der Waals surface area contributed by atoms with E-state index in [4.69, 9.17) is 0 Å². The molecule has 0 saturated heterocycles. The first-order valence-electron chi connectivity index (χ1n) is 6.50. The van der Waals surface area contributed by atoms with Gasteiger partial charge >= 0.3 is 0 Å².